The Balaban J connectivity index is 3.11. The van der Waals surface area contributed by atoms with Gasteiger partial charge in [-0.3, -0.25) is 4.79 Å². The molecule has 0 spiro atoms. The van der Waals surface area contributed by atoms with E-state index in [4.69, 9.17) is 10.5 Å². The van der Waals surface area contributed by atoms with Crippen LogP contribution in [0, 0.1) is 0 Å². The molecule has 0 aromatic carbocycles. The summed E-state index contributed by atoms with van der Waals surface area (Å²) in [6.45, 7) is 3.52. The van der Waals surface area contributed by atoms with Gasteiger partial charge in [0.2, 0.25) is 0 Å². The fourth-order valence-corrected chi connectivity index (χ4v) is 1.55. The van der Waals surface area contributed by atoms with Crippen LogP contribution in [0.2, 0.25) is 0 Å². The van der Waals surface area contributed by atoms with Crippen molar-refractivity contribution in [2.75, 3.05) is 13.2 Å². The van der Waals surface area contributed by atoms with Gasteiger partial charge in [-0.15, -0.1) is 0 Å². The highest BCUT2D eigenvalue weighted by Crippen LogP contribution is 2.06. The molecule has 3 nitrogen and oxygen atoms in total. The molecule has 2 N–H and O–H groups in total. The number of unbranched alkanes of at least 4 members (excludes halogenated alkanes) is 6. The van der Waals surface area contributed by atoms with Gasteiger partial charge in [-0.05, 0) is 25.8 Å². The summed E-state index contributed by atoms with van der Waals surface area (Å²) in [6.07, 6.45) is 9.42. The number of hydrogen-bond acceptors (Lipinski definition) is 3. The van der Waals surface area contributed by atoms with E-state index in [9.17, 15) is 4.79 Å². The number of hydrogen-bond donors (Lipinski definition) is 1. The minimum atomic E-state index is -0.0325. The predicted molar refractivity (Wildman–Crippen MR) is 67.2 cm³/mol. The molecule has 0 rings (SSSR count). The second-order valence-electron chi connectivity index (χ2n) is 4.23. The van der Waals surface area contributed by atoms with Crippen LogP contribution >= 0.6 is 0 Å². The molecule has 16 heavy (non-hydrogen) atoms. The first-order chi connectivity index (χ1) is 7.81. The minimum absolute atomic E-state index is 0.0325. The van der Waals surface area contributed by atoms with Gasteiger partial charge < -0.3 is 10.5 Å². The maximum atomic E-state index is 11.3. The molecule has 0 atom stereocenters. The van der Waals surface area contributed by atoms with E-state index in [2.05, 4.69) is 6.92 Å². The van der Waals surface area contributed by atoms with Crippen LogP contribution in [0.5, 0.6) is 0 Å². The second kappa shape index (κ2) is 12.5. The summed E-state index contributed by atoms with van der Waals surface area (Å²) in [5.74, 6) is -0.0325. The lowest BCUT2D eigenvalue weighted by atomic mass is 10.1. The molecule has 96 valence electrons. The molecular formula is C13H27NO2. The number of carbonyl (C=O) groups is 1. The van der Waals surface area contributed by atoms with Gasteiger partial charge in [0.25, 0.3) is 0 Å². The Bertz CT molecular complexity index is 160. The molecule has 0 aliphatic heterocycles. The topological polar surface area (TPSA) is 52.3 Å². The van der Waals surface area contributed by atoms with Crippen molar-refractivity contribution in [3.63, 3.8) is 0 Å². The van der Waals surface area contributed by atoms with Crippen molar-refractivity contribution >= 4 is 5.97 Å². The zero-order valence-corrected chi connectivity index (χ0v) is 10.7. The van der Waals surface area contributed by atoms with Crippen LogP contribution in [0.3, 0.4) is 0 Å². The van der Waals surface area contributed by atoms with Gasteiger partial charge in [0, 0.05) is 6.42 Å². The highest BCUT2D eigenvalue weighted by atomic mass is 16.5. The number of carbonyl (C=O) groups excluding carboxylic acids is 1. The Morgan fingerprint density at radius 2 is 1.69 bits per heavy atom. The van der Waals surface area contributed by atoms with Gasteiger partial charge >= 0.3 is 5.97 Å². The van der Waals surface area contributed by atoms with Gasteiger partial charge in [0.1, 0.15) is 0 Å². The third-order valence-corrected chi connectivity index (χ3v) is 2.60. The molecule has 3 heteroatoms. The molecule has 0 saturated heterocycles. The van der Waals surface area contributed by atoms with Gasteiger partial charge in [-0.1, -0.05) is 39.0 Å². The molecule has 0 aliphatic rings. The van der Waals surface area contributed by atoms with Crippen molar-refractivity contribution < 1.29 is 9.53 Å². The average Bonchev–Trinajstić information content (AvgIpc) is 2.29. The molecule has 0 aromatic rings. The van der Waals surface area contributed by atoms with Gasteiger partial charge in [-0.2, -0.15) is 0 Å². The van der Waals surface area contributed by atoms with Crippen molar-refractivity contribution in [1.82, 2.24) is 0 Å². The lowest BCUT2D eigenvalue weighted by molar-refractivity contribution is -0.143. The van der Waals surface area contributed by atoms with Crippen molar-refractivity contribution in [3.8, 4) is 0 Å². The molecule has 0 bridgehead atoms. The maximum Gasteiger partial charge on any atom is 0.305 e. The van der Waals surface area contributed by atoms with Crippen LogP contribution in [-0.4, -0.2) is 19.1 Å². The molecule has 0 aromatic heterocycles. The quantitative estimate of drug-likeness (QED) is 0.437. The van der Waals surface area contributed by atoms with Gasteiger partial charge in [-0.25, -0.2) is 0 Å². The predicted octanol–water partition coefficient (Wildman–Crippen LogP) is 3.02. The SMILES string of the molecule is CCCCCOC(=O)CCCCCCCN. The van der Waals surface area contributed by atoms with Crippen LogP contribution < -0.4 is 5.73 Å². The van der Waals surface area contributed by atoms with Gasteiger partial charge in [0.15, 0.2) is 0 Å². The van der Waals surface area contributed by atoms with Crippen molar-refractivity contribution in [2.45, 2.75) is 64.7 Å². The van der Waals surface area contributed by atoms with E-state index in [0.29, 0.717) is 13.0 Å². The fourth-order valence-electron chi connectivity index (χ4n) is 1.55. The Hall–Kier alpha value is -0.570. The van der Waals surface area contributed by atoms with E-state index >= 15 is 0 Å². The van der Waals surface area contributed by atoms with Crippen molar-refractivity contribution in [2.24, 2.45) is 5.73 Å². The van der Waals surface area contributed by atoms with E-state index in [0.717, 1.165) is 38.6 Å². The van der Waals surface area contributed by atoms with E-state index < -0.39 is 0 Å². The number of rotatable bonds is 11. The lowest BCUT2D eigenvalue weighted by Gasteiger charge is -2.04. The first-order valence-corrected chi connectivity index (χ1v) is 6.67. The van der Waals surface area contributed by atoms with Crippen LogP contribution in [0.15, 0.2) is 0 Å². The summed E-state index contributed by atoms with van der Waals surface area (Å²) in [7, 11) is 0. The maximum absolute atomic E-state index is 11.3. The Morgan fingerprint density at radius 1 is 1.00 bits per heavy atom. The largest absolute Gasteiger partial charge is 0.466 e. The van der Waals surface area contributed by atoms with Crippen LogP contribution in [0.1, 0.15) is 64.7 Å². The molecule has 0 heterocycles. The second-order valence-corrected chi connectivity index (χ2v) is 4.23. The zero-order chi connectivity index (χ0) is 12.1. The number of esters is 1. The zero-order valence-electron chi connectivity index (χ0n) is 10.7. The molecule has 0 amide bonds. The summed E-state index contributed by atoms with van der Waals surface area (Å²) >= 11 is 0. The fraction of sp³-hybridized carbons (Fsp3) is 0.923. The summed E-state index contributed by atoms with van der Waals surface area (Å²) < 4.78 is 5.11. The minimum Gasteiger partial charge on any atom is -0.466 e. The van der Waals surface area contributed by atoms with E-state index in [1.165, 1.54) is 19.3 Å². The summed E-state index contributed by atoms with van der Waals surface area (Å²) in [6, 6.07) is 0. The van der Waals surface area contributed by atoms with E-state index in [1.54, 1.807) is 0 Å². The molecule has 0 radical (unpaired) electrons. The summed E-state index contributed by atoms with van der Waals surface area (Å²) in [4.78, 5) is 11.3. The molecule has 0 fully saturated rings. The normalized spacial score (nSPS) is 10.4. The van der Waals surface area contributed by atoms with Crippen LogP contribution in [0.25, 0.3) is 0 Å². The number of ether oxygens (including phenoxy) is 1. The summed E-state index contributed by atoms with van der Waals surface area (Å²) in [5.41, 5.74) is 5.40. The number of nitrogens with two attached hydrogens (primary N) is 1. The summed E-state index contributed by atoms with van der Waals surface area (Å²) in [5, 5.41) is 0. The molecular weight excluding hydrogens is 202 g/mol. The third kappa shape index (κ3) is 11.5. The molecule has 0 unspecified atom stereocenters. The van der Waals surface area contributed by atoms with Gasteiger partial charge in [0.05, 0.1) is 6.61 Å². The first-order valence-electron chi connectivity index (χ1n) is 6.67. The van der Waals surface area contributed by atoms with Crippen LogP contribution in [0.4, 0.5) is 0 Å². The van der Waals surface area contributed by atoms with Crippen molar-refractivity contribution in [3.05, 3.63) is 0 Å². The average molecular weight is 229 g/mol. The Labute approximate surface area is 99.7 Å². The smallest absolute Gasteiger partial charge is 0.305 e. The van der Waals surface area contributed by atoms with E-state index in [-0.39, 0.29) is 5.97 Å². The molecule has 0 aliphatic carbocycles. The van der Waals surface area contributed by atoms with E-state index in [1.807, 2.05) is 0 Å². The lowest BCUT2D eigenvalue weighted by Crippen LogP contribution is -2.05. The van der Waals surface area contributed by atoms with Crippen molar-refractivity contribution in [1.29, 1.82) is 0 Å². The Morgan fingerprint density at radius 3 is 2.38 bits per heavy atom. The van der Waals surface area contributed by atoms with Crippen LogP contribution in [-0.2, 0) is 9.53 Å². The highest BCUT2D eigenvalue weighted by molar-refractivity contribution is 5.69. The standard InChI is InChI=1S/C13H27NO2/c1-2-3-9-12-16-13(15)10-7-5-4-6-8-11-14/h2-12,14H2,1H3. The molecule has 0 saturated carbocycles. The Kier molecular flexibility index (Phi) is 12.1. The monoisotopic (exact) mass is 229 g/mol. The first kappa shape index (κ1) is 15.4. The third-order valence-electron chi connectivity index (χ3n) is 2.60. The highest BCUT2D eigenvalue weighted by Gasteiger charge is 2.01.